The van der Waals surface area contributed by atoms with Crippen LogP contribution in [0.5, 0.6) is 0 Å². The van der Waals surface area contributed by atoms with Gasteiger partial charge in [0.15, 0.2) is 9.84 Å². The maximum Gasteiger partial charge on any atom is 0.354 e. The monoisotopic (exact) mass is 732 g/mol. The van der Waals surface area contributed by atoms with Crippen LogP contribution in [0.4, 0.5) is 0 Å². The molecule has 1 N–H and O–H groups in total. The molecule has 6 nitrogen and oxygen atoms in total. The number of benzene rings is 4. The van der Waals surface area contributed by atoms with E-state index in [0.717, 1.165) is 33.2 Å². The molecule has 0 fully saturated rings. The van der Waals surface area contributed by atoms with E-state index in [1.165, 1.54) is 23.4 Å². The summed E-state index contributed by atoms with van der Waals surface area (Å²) in [7, 11) is -3.64. The Balaban J connectivity index is 0.000000262. The number of nitrogens with zero attached hydrogens (tertiary/aromatic N) is 2. The summed E-state index contributed by atoms with van der Waals surface area (Å²) in [6, 6.07) is 35.2. The van der Waals surface area contributed by atoms with Gasteiger partial charge in [0.05, 0.1) is 10.4 Å². The first-order valence-electron chi connectivity index (χ1n) is 12.5. The molecule has 2 aromatic heterocycles. The van der Waals surface area contributed by atoms with Gasteiger partial charge in [0.25, 0.3) is 0 Å². The third-order valence-corrected chi connectivity index (χ3v) is 9.06. The van der Waals surface area contributed by atoms with Crippen molar-refractivity contribution in [2.45, 2.75) is 9.79 Å². The zero-order valence-electron chi connectivity index (χ0n) is 21.2. The number of aromatic carboxylic acids is 1. The van der Waals surface area contributed by atoms with Gasteiger partial charge in [-0.1, -0.05) is 72.3 Å². The number of fused-ring (bicyclic) bond motifs is 6. The molecular formula is C33H19IrN2O4S-. The summed E-state index contributed by atoms with van der Waals surface area (Å²) in [5.41, 5.74) is 8.15. The number of aromatic nitrogens is 2. The van der Waals surface area contributed by atoms with Crippen LogP contribution >= 0.6 is 0 Å². The van der Waals surface area contributed by atoms with Crippen molar-refractivity contribution in [3.8, 4) is 44.6 Å². The van der Waals surface area contributed by atoms with Gasteiger partial charge in [-0.3, -0.25) is 4.98 Å². The van der Waals surface area contributed by atoms with E-state index in [-0.39, 0.29) is 25.8 Å². The average molecular weight is 732 g/mol. The molecule has 6 aromatic rings. The second-order valence-corrected chi connectivity index (χ2v) is 11.3. The van der Waals surface area contributed by atoms with E-state index in [4.69, 9.17) is 10.1 Å². The fourth-order valence-electron chi connectivity index (χ4n) is 5.49. The summed E-state index contributed by atoms with van der Waals surface area (Å²) in [5.74, 6) is -0.990. The van der Waals surface area contributed by atoms with E-state index < -0.39 is 15.8 Å². The van der Waals surface area contributed by atoms with Crippen LogP contribution in [0.1, 0.15) is 10.5 Å². The van der Waals surface area contributed by atoms with Crippen molar-refractivity contribution in [2.75, 3.05) is 0 Å². The van der Waals surface area contributed by atoms with Crippen LogP contribution in [0.25, 0.3) is 55.5 Å². The van der Waals surface area contributed by atoms with Gasteiger partial charge >= 0.3 is 5.97 Å². The van der Waals surface area contributed by atoms with Crippen LogP contribution < -0.4 is 0 Å². The molecule has 0 bridgehead atoms. The SMILES string of the molecule is O=C(O)c1ccccn1.O=S1(=O)c2ccccc2-c2cc[c-]c(-c3cc4c5c(cccc5n3)-c3ccccc3-4)c21.[Ir]. The van der Waals surface area contributed by atoms with E-state index in [9.17, 15) is 13.2 Å². The van der Waals surface area contributed by atoms with Gasteiger partial charge in [0.2, 0.25) is 0 Å². The van der Waals surface area contributed by atoms with Gasteiger partial charge in [0.1, 0.15) is 5.69 Å². The van der Waals surface area contributed by atoms with Crippen LogP contribution in [0.15, 0.2) is 119 Å². The maximum atomic E-state index is 13.4. The minimum atomic E-state index is -3.64. The van der Waals surface area contributed by atoms with Gasteiger partial charge in [-0.05, 0) is 62.7 Å². The van der Waals surface area contributed by atoms with Gasteiger partial charge in [-0.2, -0.15) is 0 Å². The summed E-state index contributed by atoms with van der Waals surface area (Å²) in [5, 5.41) is 9.44. The van der Waals surface area contributed by atoms with Crippen molar-refractivity contribution in [1.29, 1.82) is 0 Å². The summed E-state index contributed by atoms with van der Waals surface area (Å²) >= 11 is 0. The summed E-state index contributed by atoms with van der Waals surface area (Å²) in [6.07, 6.45) is 1.45. The first-order chi connectivity index (χ1) is 19.4. The van der Waals surface area contributed by atoms with Crippen molar-refractivity contribution in [3.05, 3.63) is 121 Å². The summed E-state index contributed by atoms with van der Waals surface area (Å²) < 4.78 is 26.9. The molecule has 3 heterocycles. The molecule has 1 radical (unpaired) electrons. The summed E-state index contributed by atoms with van der Waals surface area (Å²) in [6.45, 7) is 0. The van der Waals surface area contributed by atoms with Crippen molar-refractivity contribution < 1.29 is 38.4 Å². The Bertz CT molecular complexity index is 2110. The fourth-order valence-corrected chi connectivity index (χ4v) is 7.34. The topological polar surface area (TPSA) is 97.2 Å². The zero-order chi connectivity index (χ0) is 27.4. The molecule has 0 saturated heterocycles. The molecule has 1 aliphatic carbocycles. The van der Waals surface area contributed by atoms with Crippen molar-refractivity contribution in [3.63, 3.8) is 0 Å². The number of carbonyl (C=O) groups is 1. The minimum Gasteiger partial charge on any atom is -0.477 e. The summed E-state index contributed by atoms with van der Waals surface area (Å²) in [4.78, 5) is 19.3. The Morgan fingerprint density at radius 2 is 1.41 bits per heavy atom. The standard InChI is InChI=1S/C27H14NO2S.C6H5NO2.Ir/c29-31(30)25-14-4-3-9-18(25)20-11-5-12-21(27(20)31)24-15-22-17-8-2-1-7-16(17)19-10-6-13-23(28-24)26(19)22;8-6(9)5-3-1-2-4-7-5;/h1-11,13-15H;1-4H,(H,8,9);/q-1;;. The molecule has 201 valence electrons. The van der Waals surface area contributed by atoms with Gasteiger partial charge < -0.3 is 5.11 Å². The third-order valence-electron chi connectivity index (χ3n) is 7.17. The molecule has 8 heteroatoms. The molecule has 1 aliphatic heterocycles. The first kappa shape index (κ1) is 26.7. The van der Waals surface area contributed by atoms with Crippen LogP contribution in [0.2, 0.25) is 0 Å². The number of sulfone groups is 1. The fraction of sp³-hybridized carbons (Fsp3) is 0. The average Bonchev–Trinajstić information content (AvgIpc) is 3.44. The largest absolute Gasteiger partial charge is 0.477 e. The molecule has 0 amide bonds. The molecule has 8 rings (SSSR count). The Hall–Kier alpha value is -4.49. The van der Waals surface area contributed by atoms with E-state index in [2.05, 4.69) is 29.2 Å². The number of pyridine rings is 2. The molecule has 41 heavy (non-hydrogen) atoms. The molecule has 0 saturated carbocycles. The van der Waals surface area contributed by atoms with E-state index >= 15 is 0 Å². The van der Waals surface area contributed by atoms with Crippen LogP contribution in [-0.2, 0) is 29.9 Å². The Kier molecular flexibility index (Phi) is 6.62. The number of hydrogen-bond acceptors (Lipinski definition) is 5. The van der Waals surface area contributed by atoms with E-state index in [1.807, 2.05) is 48.5 Å². The Labute approximate surface area is 249 Å². The van der Waals surface area contributed by atoms with Crippen LogP contribution in [-0.4, -0.2) is 29.5 Å². The van der Waals surface area contributed by atoms with Gasteiger partial charge in [0, 0.05) is 31.7 Å². The van der Waals surface area contributed by atoms with Gasteiger partial charge in [-0.15, -0.1) is 23.8 Å². The number of rotatable bonds is 2. The first-order valence-corrected chi connectivity index (χ1v) is 14.0. The maximum absolute atomic E-state index is 13.4. The normalized spacial score (nSPS) is 12.8. The zero-order valence-corrected chi connectivity index (χ0v) is 24.4. The number of hydrogen-bond donors (Lipinski definition) is 1. The van der Waals surface area contributed by atoms with E-state index in [0.29, 0.717) is 21.0 Å². The molecule has 4 aromatic carbocycles. The Morgan fingerprint density at radius 1 is 0.732 bits per heavy atom. The van der Waals surface area contributed by atoms with Crippen molar-refractivity contribution in [1.82, 2.24) is 9.97 Å². The predicted molar refractivity (Wildman–Crippen MR) is 153 cm³/mol. The molecule has 0 atom stereocenters. The molecule has 0 unspecified atom stereocenters. The number of carboxylic acid groups (broad SMARTS) is 1. The quantitative estimate of drug-likeness (QED) is 0.194. The van der Waals surface area contributed by atoms with Crippen molar-refractivity contribution >= 4 is 26.7 Å². The van der Waals surface area contributed by atoms with Gasteiger partial charge in [-0.25, -0.2) is 18.2 Å². The smallest absolute Gasteiger partial charge is 0.354 e. The molecular weight excluding hydrogens is 713 g/mol. The van der Waals surface area contributed by atoms with Crippen LogP contribution in [0, 0.1) is 6.07 Å². The molecule has 0 spiro atoms. The minimum absolute atomic E-state index is 0. The van der Waals surface area contributed by atoms with Crippen molar-refractivity contribution in [2.24, 2.45) is 0 Å². The molecule has 2 aliphatic rings. The second kappa shape index (κ2) is 10.2. The third kappa shape index (κ3) is 4.19. The predicted octanol–water partition coefficient (Wildman–Crippen LogP) is 6.94. The van der Waals surface area contributed by atoms with Crippen LogP contribution in [0.3, 0.4) is 0 Å². The number of carboxylic acids is 1. The van der Waals surface area contributed by atoms with E-state index in [1.54, 1.807) is 30.3 Å². The Morgan fingerprint density at radius 3 is 2.12 bits per heavy atom. The second-order valence-electron chi connectivity index (χ2n) is 9.42.